The van der Waals surface area contributed by atoms with Gasteiger partial charge in [0.2, 0.25) is 6.29 Å². The number of nitrogens with zero attached hydrogens (tertiary/aromatic N) is 1. The number of anilines is 1. The first-order chi connectivity index (χ1) is 24.0. The summed E-state index contributed by atoms with van der Waals surface area (Å²) in [6, 6.07) is -0.0816. The molecule has 0 bridgehead atoms. The zero-order chi connectivity index (χ0) is 37.5. The average Bonchev–Trinajstić information content (AvgIpc) is 3.43. The van der Waals surface area contributed by atoms with Crippen LogP contribution >= 0.6 is 0 Å². The quantitative estimate of drug-likeness (QED) is 0.102. The molecule has 51 heavy (non-hydrogen) atoms. The van der Waals surface area contributed by atoms with E-state index in [0.717, 1.165) is 6.07 Å². The van der Waals surface area contributed by atoms with Gasteiger partial charge in [-0.2, -0.15) is 0 Å². The van der Waals surface area contributed by atoms with Crippen LogP contribution in [0.25, 0.3) is 0 Å². The van der Waals surface area contributed by atoms with Crippen LogP contribution in [0.2, 0.25) is 0 Å². The molecule has 2 saturated heterocycles. The third kappa shape index (κ3) is 7.56. The number of carboxylic acids is 4. The first-order valence-electron chi connectivity index (χ1n) is 15.4. The largest absolute Gasteiger partial charge is 0.504 e. The molecule has 4 heterocycles. The maximum atomic E-state index is 12.3. The van der Waals surface area contributed by atoms with Gasteiger partial charge in [0.25, 0.3) is 0 Å². The molecule has 0 radical (unpaired) electrons. The highest BCUT2D eigenvalue weighted by Gasteiger charge is 2.53. The fourth-order valence-electron chi connectivity index (χ4n) is 6.19. The van der Waals surface area contributed by atoms with E-state index in [2.05, 4.69) is 5.32 Å². The molecule has 1 aromatic carbocycles. The fourth-order valence-corrected chi connectivity index (χ4v) is 6.19. The minimum absolute atomic E-state index is 0.109. The summed E-state index contributed by atoms with van der Waals surface area (Å²) in [4.78, 5) is 48.3. The number of nitrogens with one attached hydrogen (secondary N) is 1. The van der Waals surface area contributed by atoms with Crippen LogP contribution in [0.5, 0.6) is 11.5 Å². The average molecular weight is 729 g/mol. The topological polar surface area (TPSA) is 343 Å². The van der Waals surface area contributed by atoms with Gasteiger partial charge in [0.05, 0.1) is 6.61 Å². The van der Waals surface area contributed by atoms with E-state index in [1.807, 2.05) is 0 Å². The molecule has 12 atom stereocenters. The summed E-state index contributed by atoms with van der Waals surface area (Å²) in [5.74, 6) is -6.69. The normalized spacial score (nSPS) is 35.8. The molecule has 21 heteroatoms. The van der Waals surface area contributed by atoms with E-state index in [4.69, 9.17) is 18.9 Å². The minimum Gasteiger partial charge on any atom is -0.504 e. The molecule has 0 unspecified atom stereocenters. The SMILES string of the molecule is O=C(O)C1=C/C(=C/CN2c3cc(O)c(O[C@@H]4O[C@H](CO)[C@@H](O)[C@H](O)[C@H]4O[C@@H]4O[C@H](C(=O)O)[C@@H](O)[C@H](O)[C@H]4O)cc3C[C@H]2C(=O)O)C[C@H](C(=O)O)N1. The zero-order valence-electron chi connectivity index (χ0n) is 26.2. The molecule has 0 spiro atoms. The molecule has 1 aromatic rings. The van der Waals surface area contributed by atoms with Crippen molar-refractivity contribution >= 4 is 29.6 Å². The van der Waals surface area contributed by atoms with Crippen LogP contribution in [-0.4, -0.2) is 167 Å². The second-order valence-electron chi connectivity index (χ2n) is 12.2. The maximum absolute atomic E-state index is 12.3. The summed E-state index contributed by atoms with van der Waals surface area (Å²) < 4.78 is 22.0. The number of aromatic hydroxyl groups is 1. The third-order valence-electron chi connectivity index (χ3n) is 8.89. The lowest BCUT2D eigenvalue weighted by molar-refractivity contribution is -0.353. The Labute approximate surface area is 286 Å². The number of aliphatic carboxylic acids is 4. The highest BCUT2D eigenvalue weighted by atomic mass is 16.8. The molecule has 280 valence electrons. The van der Waals surface area contributed by atoms with Gasteiger partial charge in [-0.3, -0.25) is 0 Å². The molecule has 0 amide bonds. The Morgan fingerprint density at radius 1 is 0.863 bits per heavy atom. The number of ether oxygens (including phenoxy) is 4. The first-order valence-corrected chi connectivity index (χ1v) is 15.4. The number of allylic oxidation sites excluding steroid dienone is 1. The Bertz CT molecular complexity index is 1600. The van der Waals surface area contributed by atoms with Crippen molar-refractivity contribution in [3.05, 3.63) is 41.1 Å². The van der Waals surface area contributed by atoms with E-state index >= 15 is 0 Å². The van der Waals surface area contributed by atoms with Gasteiger partial charge in [-0.1, -0.05) is 6.08 Å². The van der Waals surface area contributed by atoms with E-state index in [1.54, 1.807) is 0 Å². The van der Waals surface area contributed by atoms with E-state index in [-0.39, 0.29) is 36.5 Å². The van der Waals surface area contributed by atoms with Gasteiger partial charge in [0, 0.05) is 31.1 Å². The van der Waals surface area contributed by atoms with Crippen LogP contribution in [0.15, 0.2) is 35.6 Å². The number of fused-ring (bicyclic) bond motifs is 1. The van der Waals surface area contributed by atoms with Crippen LogP contribution in [0.1, 0.15) is 12.0 Å². The molecule has 0 aromatic heterocycles. The van der Waals surface area contributed by atoms with E-state index in [1.165, 1.54) is 23.1 Å². The fraction of sp³-hybridized carbons (Fsp3) is 0.533. The van der Waals surface area contributed by atoms with Crippen molar-refractivity contribution in [3.63, 3.8) is 0 Å². The Morgan fingerprint density at radius 2 is 1.57 bits per heavy atom. The Hall–Kier alpha value is -4.58. The number of benzene rings is 1. The molecular formula is C30H36N2O19. The Kier molecular flexibility index (Phi) is 11.0. The van der Waals surface area contributed by atoms with Crippen molar-refractivity contribution in [1.29, 1.82) is 0 Å². The lowest BCUT2D eigenvalue weighted by Gasteiger charge is -2.45. The van der Waals surface area contributed by atoms with Gasteiger partial charge in [0.15, 0.2) is 30.0 Å². The third-order valence-corrected chi connectivity index (χ3v) is 8.89. The van der Waals surface area contributed by atoms with Crippen molar-refractivity contribution in [3.8, 4) is 11.5 Å². The van der Waals surface area contributed by atoms with Crippen molar-refractivity contribution in [2.75, 3.05) is 18.1 Å². The summed E-state index contributed by atoms with van der Waals surface area (Å²) in [7, 11) is 0. The van der Waals surface area contributed by atoms with Crippen LogP contribution in [-0.2, 0) is 39.8 Å². The van der Waals surface area contributed by atoms with Crippen molar-refractivity contribution in [2.24, 2.45) is 0 Å². The molecule has 5 rings (SSSR count). The highest BCUT2D eigenvalue weighted by molar-refractivity contribution is 5.89. The van der Waals surface area contributed by atoms with Crippen LogP contribution < -0.4 is 15.0 Å². The summed E-state index contributed by atoms with van der Waals surface area (Å²) in [6.07, 6.45) is -17.0. The molecule has 0 aliphatic carbocycles. The van der Waals surface area contributed by atoms with E-state index in [0.29, 0.717) is 11.1 Å². The lowest BCUT2D eigenvalue weighted by Crippen LogP contribution is -2.65. The second-order valence-corrected chi connectivity index (χ2v) is 12.2. The van der Waals surface area contributed by atoms with Crippen molar-refractivity contribution < 1.29 is 94.3 Å². The van der Waals surface area contributed by atoms with Gasteiger partial charge >= 0.3 is 23.9 Å². The molecule has 21 nitrogen and oxygen atoms in total. The molecular weight excluding hydrogens is 692 g/mol. The molecule has 12 N–H and O–H groups in total. The monoisotopic (exact) mass is 728 g/mol. The highest BCUT2D eigenvalue weighted by Crippen LogP contribution is 2.42. The number of aliphatic hydroxyl groups is 6. The standard InChI is InChI=1S/C30H36N2O19/c33-8-17-18(35)20(37)24(51-29-22(39)19(36)21(38)23(50-29)28(46)47)30(49-17)48-16-6-10-5-14(27(44)45)32(13(10)7-15(16)34)2-1-9-3-11(25(40)41)31-12(4-9)26(42)43/h1,3,6-7,12,14,17-24,29-31,33-39H,2,4-5,8H2,(H,40,41)(H,42,43)(H,44,45)(H,46,47)/b9-1-/t12-,14+,17-,18-,19+,20+,21+,22-,23+,24-,29+,30-/m1/s1. The number of rotatable bonds is 11. The molecule has 4 aliphatic heterocycles. The number of aliphatic hydroxyl groups excluding tert-OH is 6. The van der Waals surface area contributed by atoms with E-state index in [9.17, 15) is 75.3 Å². The number of hydrogen-bond donors (Lipinski definition) is 12. The van der Waals surface area contributed by atoms with Gasteiger partial charge in [-0.25, -0.2) is 19.2 Å². The van der Waals surface area contributed by atoms with Gasteiger partial charge in [-0.05, 0) is 23.3 Å². The number of hydrogen-bond acceptors (Lipinski definition) is 17. The molecule has 0 saturated carbocycles. The Balaban J connectivity index is 1.42. The van der Waals surface area contributed by atoms with Crippen molar-refractivity contribution in [2.45, 2.75) is 86.3 Å². The minimum atomic E-state index is -2.09. The summed E-state index contributed by atoms with van der Waals surface area (Å²) in [6.45, 7) is -1.01. The summed E-state index contributed by atoms with van der Waals surface area (Å²) >= 11 is 0. The Morgan fingerprint density at radius 3 is 2.18 bits per heavy atom. The van der Waals surface area contributed by atoms with Crippen LogP contribution in [0.4, 0.5) is 5.69 Å². The predicted molar refractivity (Wildman–Crippen MR) is 161 cm³/mol. The molecule has 2 fully saturated rings. The lowest BCUT2D eigenvalue weighted by atomic mass is 9.97. The predicted octanol–water partition coefficient (Wildman–Crippen LogP) is -4.36. The van der Waals surface area contributed by atoms with Crippen LogP contribution in [0, 0.1) is 0 Å². The first kappa shape index (κ1) is 37.7. The zero-order valence-corrected chi connectivity index (χ0v) is 26.2. The van der Waals surface area contributed by atoms with Gasteiger partial charge in [-0.15, -0.1) is 0 Å². The number of carboxylic acid groups (broad SMARTS) is 4. The smallest absolute Gasteiger partial charge is 0.351 e. The summed E-state index contributed by atoms with van der Waals surface area (Å²) in [5.41, 5.74) is 0.444. The van der Waals surface area contributed by atoms with Crippen molar-refractivity contribution in [1.82, 2.24) is 5.32 Å². The second kappa shape index (κ2) is 15.0. The summed E-state index contributed by atoms with van der Waals surface area (Å²) in [5, 5.41) is 113. The number of phenolic OH excluding ortho intramolecular Hbond substituents is 1. The van der Waals surface area contributed by atoms with Gasteiger partial charge in [0.1, 0.15) is 54.4 Å². The van der Waals surface area contributed by atoms with Gasteiger partial charge < -0.3 is 85.3 Å². The van der Waals surface area contributed by atoms with Crippen LogP contribution in [0.3, 0.4) is 0 Å². The molecule has 4 aliphatic rings. The number of phenols is 1. The van der Waals surface area contributed by atoms with E-state index < -0.39 is 110 Å². The number of carbonyl (C=O) groups is 4. The maximum Gasteiger partial charge on any atom is 0.351 e.